The van der Waals surface area contributed by atoms with Crippen LogP contribution in [0.15, 0.2) is 64.7 Å². The second-order valence-corrected chi connectivity index (χ2v) is 7.21. The van der Waals surface area contributed by atoms with E-state index in [1.54, 1.807) is 25.6 Å². The van der Waals surface area contributed by atoms with Gasteiger partial charge in [0.05, 0.1) is 18.6 Å². The van der Waals surface area contributed by atoms with Crippen LogP contribution in [0.5, 0.6) is 5.75 Å². The molecular weight excluding hydrogens is 374 g/mol. The maximum atomic E-state index is 12.7. The number of thioether (sulfide) groups is 1. The highest BCUT2D eigenvalue weighted by atomic mass is 32.2. The van der Waals surface area contributed by atoms with Crippen LogP contribution in [0.3, 0.4) is 0 Å². The lowest BCUT2D eigenvalue weighted by Crippen LogP contribution is -2.22. The zero-order valence-electron chi connectivity index (χ0n) is 15.9. The normalized spacial score (nSPS) is 10.5. The average Bonchev–Trinajstić information content (AvgIpc) is 2.70. The molecule has 0 saturated carbocycles. The van der Waals surface area contributed by atoms with Crippen LogP contribution in [0, 0.1) is 13.8 Å². The van der Waals surface area contributed by atoms with Crippen molar-refractivity contribution in [2.24, 2.45) is 0 Å². The number of amides is 1. The second-order valence-electron chi connectivity index (χ2n) is 6.24. The fourth-order valence-electron chi connectivity index (χ4n) is 2.61. The molecule has 1 N–H and O–H groups in total. The lowest BCUT2D eigenvalue weighted by atomic mass is 10.1. The molecule has 0 radical (unpaired) electrons. The van der Waals surface area contributed by atoms with Gasteiger partial charge in [-0.3, -0.25) is 14.2 Å². The Morgan fingerprint density at radius 3 is 2.75 bits per heavy atom. The quantitative estimate of drug-likeness (QED) is 0.646. The SMILES string of the molecule is COc1cccc(-n2ccnc(SCC(=O)Nc3ccc(C)c(C)c3)c2=O)c1. The van der Waals surface area contributed by atoms with Crippen LogP contribution in [-0.4, -0.2) is 28.3 Å². The largest absolute Gasteiger partial charge is 0.497 e. The van der Waals surface area contributed by atoms with E-state index in [2.05, 4.69) is 10.3 Å². The first kappa shape index (κ1) is 19.7. The fourth-order valence-corrected chi connectivity index (χ4v) is 3.30. The number of nitrogens with zero attached hydrogens (tertiary/aromatic N) is 2. The predicted molar refractivity (Wildman–Crippen MR) is 112 cm³/mol. The molecule has 1 heterocycles. The Morgan fingerprint density at radius 2 is 2.00 bits per heavy atom. The molecule has 3 aromatic rings. The summed E-state index contributed by atoms with van der Waals surface area (Å²) in [6.45, 7) is 4.01. The monoisotopic (exact) mass is 395 g/mol. The Hall–Kier alpha value is -3.06. The number of anilines is 1. The minimum absolute atomic E-state index is 0.0945. The van der Waals surface area contributed by atoms with Crippen molar-refractivity contribution in [2.75, 3.05) is 18.2 Å². The van der Waals surface area contributed by atoms with Crippen molar-refractivity contribution in [3.05, 3.63) is 76.3 Å². The number of aryl methyl sites for hydroxylation is 2. The molecule has 144 valence electrons. The van der Waals surface area contributed by atoms with E-state index in [1.165, 1.54) is 10.1 Å². The minimum atomic E-state index is -0.278. The molecule has 0 fully saturated rings. The molecule has 2 aromatic carbocycles. The standard InChI is InChI=1S/C21H21N3O3S/c1-14-7-8-16(11-15(14)2)23-19(25)13-28-20-21(26)24(10-9-22-20)17-5-4-6-18(12-17)27-3/h4-12H,13H2,1-3H3,(H,23,25). The van der Waals surface area contributed by atoms with Gasteiger partial charge in [0.15, 0.2) is 5.03 Å². The van der Waals surface area contributed by atoms with Crippen molar-refractivity contribution in [1.82, 2.24) is 9.55 Å². The molecule has 0 unspecified atom stereocenters. The van der Waals surface area contributed by atoms with Gasteiger partial charge in [0.25, 0.3) is 5.56 Å². The number of ether oxygens (including phenoxy) is 1. The van der Waals surface area contributed by atoms with Crippen LogP contribution < -0.4 is 15.6 Å². The van der Waals surface area contributed by atoms with Gasteiger partial charge in [0.1, 0.15) is 5.75 Å². The molecule has 6 nitrogen and oxygen atoms in total. The molecule has 0 aliphatic rings. The third-order valence-electron chi connectivity index (χ3n) is 4.27. The first-order valence-corrected chi connectivity index (χ1v) is 9.68. The van der Waals surface area contributed by atoms with E-state index in [1.807, 2.05) is 50.2 Å². The summed E-state index contributed by atoms with van der Waals surface area (Å²) in [6, 6.07) is 12.9. The number of methoxy groups -OCH3 is 1. The van der Waals surface area contributed by atoms with Gasteiger partial charge >= 0.3 is 0 Å². The topological polar surface area (TPSA) is 73.2 Å². The summed E-state index contributed by atoms with van der Waals surface area (Å²) in [5.41, 5.74) is 3.41. The lowest BCUT2D eigenvalue weighted by molar-refractivity contribution is -0.113. The summed E-state index contributed by atoms with van der Waals surface area (Å²) in [5, 5.41) is 3.11. The molecule has 0 aliphatic carbocycles. The van der Waals surface area contributed by atoms with Crippen LogP contribution >= 0.6 is 11.8 Å². The van der Waals surface area contributed by atoms with Crippen LogP contribution in [0.25, 0.3) is 5.69 Å². The highest BCUT2D eigenvalue weighted by Crippen LogP contribution is 2.18. The maximum absolute atomic E-state index is 12.7. The van der Waals surface area contributed by atoms with Crippen LogP contribution in [-0.2, 0) is 4.79 Å². The maximum Gasteiger partial charge on any atom is 0.287 e. The van der Waals surface area contributed by atoms with Gasteiger partial charge in [-0.05, 0) is 49.2 Å². The number of carbonyl (C=O) groups excluding carboxylic acids is 1. The van der Waals surface area contributed by atoms with E-state index in [-0.39, 0.29) is 22.2 Å². The molecule has 7 heteroatoms. The Morgan fingerprint density at radius 1 is 1.18 bits per heavy atom. The molecule has 1 aromatic heterocycles. The molecule has 3 rings (SSSR count). The van der Waals surface area contributed by atoms with Crippen molar-refractivity contribution >= 4 is 23.4 Å². The number of hydrogen-bond acceptors (Lipinski definition) is 5. The van der Waals surface area contributed by atoms with E-state index >= 15 is 0 Å². The molecule has 0 atom stereocenters. The van der Waals surface area contributed by atoms with Crippen molar-refractivity contribution in [3.63, 3.8) is 0 Å². The van der Waals surface area contributed by atoms with Gasteiger partial charge < -0.3 is 10.1 Å². The van der Waals surface area contributed by atoms with Gasteiger partial charge in [-0.1, -0.05) is 23.9 Å². The summed E-state index contributed by atoms with van der Waals surface area (Å²) in [6.07, 6.45) is 3.14. The summed E-state index contributed by atoms with van der Waals surface area (Å²) in [7, 11) is 1.57. The Balaban J connectivity index is 1.71. The number of rotatable bonds is 6. The van der Waals surface area contributed by atoms with Gasteiger partial charge in [0, 0.05) is 24.1 Å². The second kappa shape index (κ2) is 8.75. The molecule has 1 amide bonds. The number of hydrogen-bond donors (Lipinski definition) is 1. The Labute approximate surface area is 167 Å². The van der Waals surface area contributed by atoms with Gasteiger partial charge in [-0.15, -0.1) is 0 Å². The van der Waals surface area contributed by atoms with Crippen molar-refractivity contribution in [2.45, 2.75) is 18.9 Å². The highest BCUT2D eigenvalue weighted by molar-refractivity contribution is 7.99. The van der Waals surface area contributed by atoms with E-state index < -0.39 is 0 Å². The number of carbonyl (C=O) groups is 1. The molecular formula is C21H21N3O3S. The van der Waals surface area contributed by atoms with Gasteiger partial charge in [0.2, 0.25) is 5.91 Å². The van der Waals surface area contributed by atoms with Crippen LogP contribution in [0.4, 0.5) is 5.69 Å². The minimum Gasteiger partial charge on any atom is -0.497 e. The van der Waals surface area contributed by atoms with Gasteiger partial charge in [-0.25, -0.2) is 4.98 Å². The average molecular weight is 395 g/mol. The number of nitrogens with one attached hydrogen (secondary N) is 1. The Kier molecular flexibility index (Phi) is 6.16. The van der Waals surface area contributed by atoms with Crippen molar-refractivity contribution in [1.29, 1.82) is 0 Å². The smallest absolute Gasteiger partial charge is 0.287 e. The summed E-state index contributed by atoms with van der Waals surface area (Å²) < 4.78 is 6.69. The third kappa shape index (κ3) is 4.61. The highest BCUT2D eigenvalue weighted by Gasteiger charge is 2.11. The molecule has 0 spiro atoms. The van der Waals surface area contributed by atoms with E-state index in [0.29, 0.717) is 11.4 Å². The van der Waals surface area contributed by atoms with Crippen LogP contribution in [0.2, 0.25) is 0 Å². The first-order chi connectivity index (χ1) is 13.5. The first-order valence-electron chi connectivity index (χ1n) is 8.70. The predicted octanol–water partition coefficient (Wildman–Crippen LogP) is 3.59. The molecule has 0 saturated heterocycles. The third-order valence-corrected chi connectivity index (χ3v) is 5.23. The summed E-state index contributed by atoms with van der Waals surface area (Å²) >= 11 is 1.11. The summed E-state index contributed by atoms with van der Waals surface area (Å²) in [5.74, 6) is 0.562. The number of benzene rings is 2. The van der Waals surface area contributed by atoms with Crippen LogP contribution in [0.1, 0.15) is 11.1 Å². The fraction of sp³-hybridized carbons (Fsp3) is 0.190. The Bertz CT molecular complexity index is 1060. The lowest BCUT2D eigenvalue weighted by Gasteiger charge is -2.09. The van der Waals surface area contributed by atoms with E-state index in [0.717, 1.165) is 23.0 Å². The summed E-state index contributed by atoms with van der Waals surface area (Å²) in [4.78, 5) is 29.1. The van der Waals surface area contributed by atoms with Gasteiger partial charge in [-0.2, -0.15) is 0 Å². The van der Waals surface area contributed by atoms with Crippen molar-refractivity contribution < 1.29 is 9.53 Å². The van der Waals surface area contributed by atoms with Crippen molar-refractivity contribution in [3.8, 4) is 11.4 Å². The zero-order chi connectivity index (χ0) is 20.1. The molecule has 0 bridgehead atoms. The van der Waals surface area contributed by atoms with E-state index in [4.69, 9.17) is 4.74 Å². The molecule has 28 heavy (non-hydrogen) atoms. The molecule has 0 aliphatic heterocycles. The number of aromatic nitrogens is 2. The van der Waals surface area contributed by atoms with E-state index in [9.17, 15) is 9.59 Å². The zero-order valence-corrected chi connectivity index (χ0v) is 16.7.